The van der Waals surface area contributed by atoms with Gasteiger partial charge in [0.15, 0.2) is 6.29 Å². The van der Waals surface area contributed by atoms with Crippen LogP contribution >= 0.6 is 0 Å². The smallest absolute Gasteiger partial charge is 0.220 e. The molecule has 0 aliphatic carbocycles. The summed E-state index contributed by atoms with van der Waals surface area (Å²) in [6.07, 6.45) is 42.6. The first-order valence-electron chi connectivity index (χ1n) is 26.7. The average Bonchev–Trinajstić information content (AvgIpc) is 3.26. The fraction of sp³-hybridized carbons (Fsp3) is 0.981. The van der Waals surface area contributed by atoms with Gasteiger partial charge in [-0.25, -0.2) is 0 Å². The van der Waals surface area contributed by atoms with Crippen LogP contribution in [0.25, 0.3) is 0 Å². The standard InChI is InChI=1S/C52H103NO8/c1-3-5-7-9-11-13-15-17-19-21-22-23-24-26-28-30-32-34-36-38-40-42-48(56)53-45(44-60-52-51(59)50(58)49(57)47(43-54)61-52)46(55)41-39-37-35-33-31-29-27-25-20-18-16-14-12-10-8-6-4-2/h45-47,49-52,54-55,57-59H,3-44H2,1-2H3,(H,53,56)/t45-,46+,47-,49-,50?,51?,52-/m0/s1. The number of hydrogen-bond donors (Lipinski definition) is 6. The van der Waals surface area contributed by atoms with Crippen LogP contribution in [-0.2, 0) is 14.3 Å². The van der Waals surface area contributed by atoms with Crippen molar-refractivity contribution in [1.82, 2.24) is 5.32 Å². The van der Waals surface area contributed by atoms with E-state index in [4.69, 9.17) is 9.47 Å². The highest BCUT2D eigenvalue weighted by Crippen LogP contribution is 2.23. The summed E-state index contributed by atoms with van der Waals surface area (Å²) >= 11 is 0. The molecule has 0 spiro atoms. The summed E-state index contributed by atoms with van der Waals surface area (Å²) in [5.74, 6) is -0.137. The van der Waals surface area contributed by atoms with Gasteiger partial charge < -0.3 is 40.3 Å². The number of rotatable bonds is 46. The number of carbonyl (C=O) groups excluding carboxylic acids is 1. The van der Waals surface area contributed by atoms with E-state index in [1.807, 2.05) is 0 Å². The molecular formula is C52H103NO8. The Kier molecular flexibility index (Phi) is 41.1. The van der Waals surface area contributed by atoms with Gasteiger partial charge in [0.2, 0.25) is 5.91 Å². The van der Waals surface area contributed by atoms with Crippen LogP contribution in [0.5, 0.6) is 0 Å². The number of amides is 1. The van der Waals surface area contributed by atoms with E-state index in [2.05, 4.69) is 19.2 Å². The Balaban J connectivity index is 2.23. The highest BCUT2D eigenvalue weighted by atomic mass is 16.7. The molecule has 6 N–H and O–H groups in total. The van der Waals surface area contributed by atoms with E-state index in [0.29, 0.717) is 12.8 Å². The molecule has 0 aromatic rings. The van der Waals surface area contributed by atoms with E-state index < -0.39 is 49.5 Å². The molecule has 1 aliphatic rings. The summed E-state index contributed by atoms with van der Waals surface area (Å²) in [6, 6.07) is -0.712. The quantitative estimate of drug-likeness (QED) is 0.0331. The SMILES string of the molecule is CCCCCCCCCCCCCCCCCCCCCCCC(=O)N[C@@H](CO[C@H]1O[C@@H](CO)[C@H](O)C(O)C1O)[C@H](O)CCCCCCCCCCCCCCCCCCC. The van der Waals surface area contributed by atoms with Gasteiger partial charge in [0.25, 0.3) is 0 Å². The number of hydrogen-bond acceptors (Lipinski definition) is 8. The number of unbranched alkanes of at least 4 members (excludes halogenated alkanes) is 36. The molecule has 1 fully saturated rings. The van der Waals surface area contributed by atoms with Crippen LogP contribution in [0.1, 0.15) is 271 Å². The van der Waals surface area contributed by atoms with Gasteiger partial charge in [-0.05, 0) is 12.8 Å². The zero-order valence-corrected chi connectivity index (χ0v) is 40.2. The van der Waals surface area contributed by atoms with Crippen molar-refractivity contribution >= 4 is 5.91 Å². The molecule has 364 valence electrons. The molecule has 1 saturated heterocycles. The van der Waals surface area contributed by atoms with Gasteiger partial charge in [-0.2, -0.15) is 0 Å². The van der Waals surface area contributed by atoms with Crippen molar-refractivity contribution in [2.75, 3.05) is 13.2 Å². The Labute approximate surface area is 376 Å². The minimum Gasteiger partial charge on any atom is -0.394 e. The molecule has 0 aromatic carbocycles. The summed E-state index contributed by atoms with van der Waals surface area (Å²) < 4.78 is 11.3. The lowest BCUT2D eigenvalue weighted by atomic mass is 9.99. The topological polar surface area (TPSA) is 149 Å². The van der Waals surface area contributed by atoms with Gasteiger partial charge in [0, 0.05) is 6.42 Å². The zero-order chi connectivity index (χ0) is 44.4. The maximum atomic E-state index is 13.0. The van der Waals surface area contributed by atoms with Crippen LogP contribution in [-0.4, -0.2) is 87.5 Å². The van der Waals surface area contributed by atoms with Crippen molar-refractivity contribution in [3.8, 4) is 0 Å². The number of aliphatic hydroxyl groups is 5. The molecular weight excluding hydrogens is 767 g/mol. The fourth-order valence-corrected chi connectivity index (χ4v) is 8.93. The third kappa shape index (κ3) is 33.3. The zero-order valence-electron chi connectivity index (χ0n) is 40.2. The van der Waals surface area contributed by atoms with Crippen molar-refractivity contribution in [3.05, 3.63) is 0 Å². The second-order valence-electron chi connectivity index (χ2n) is 19.0. The highest BCUT2D eigenvalue weighted by molar-refractivity contribution is 5.76. The van der Waals surface area contributed by atoms with Gasteiger partial charge in [-0.1, -0.05) is 251 Å². The lowest BCUT2D eigenvalue weighted by Gasteiger charge is -2.40. The van der Waals surface area contributed by atoms with E-state index in [9.17, 15) is 30.3 Å². The molecule has 7 atom stereocenters. The third-order valence-corrected chi connectivity index (χ3v) is 13.2. The first kappa shape index (κ1) is 58.2. The average molecular weight is 870 g/mol. The number of ether oxygens (including phenoxy) is 2. The third-order valence-electron chi connectivity index (χ3n) is 13.2. The highest BCUT2D eigenvalue weighted by Gasteiger charge is 2.44. The van der Waals surface area contributed by atoms with Gasteiger partial charge in [-0.15, -0.1) is 0 Å². The van der Waals surface area contributed by atoms with Gasteiger partial charge in [-0.3, -0.25) is 4.79 Å². The number of carbonyl (C=O) groups is 1. The molecule has 0 bridgehead atoms. The molecule has 9 heteroatoms. The minimum atomic E-state index is -1.55. The summed E-state index contributed by atoms with van der Waals surface area (Å²) in [4.78, 5) is 13.0. The monoisotopic (exact) mass is 870 g/mol. The van der Waals surface area contributed by atoms with Crippen LogP contribution in [0.4, 0.5) is 0 Å². The Morgan fingerprint density at radius 3 is 1.16 bits per heavy atom. The predicted octanol–water partition coefficient (Wildman–Crippen LogP) is 12.3. The molecule has 2 unspecified atom stereocenters. The van der Waals surface area contributed by atoms with Gasteiger partial charge in [0.05, 0.1) is 25.4 Å². The molecule has 0 aromatic heterocycles. The Hall–Kier alpha value is -0.810. The van der Waals surface area contributed by atoms with E-state index in [0.717, 1.165) is 38.5 Å². The van der Waals surface area contributed by atoms with E-state index in [-0.39, 0.29) is 12.5 Å². The van der Waals surface area contributed by atoms with Gasteiger partial charge >= 0.3 is 0 Å². The molecule has 1 amide bonds. The maximum Gasteiger partial charge on any atom is 0.220 e. The van der Waals surface area contributed by atoms with Crippen molar-refractivity contribution in [2.45, 2.75) is 314 Å². The van der Waals surface area contributed by atoms with Crippen LogP contribution in [0.15, 0.2) is 0 Å². The summed E-state index contributed by atoms with van der Waals surface area (Å²) in [5.41, 5.74) is 0. The molecule has 61 heavy (non-hydrogen) atoms. The minimum absolute atomic E-state index is 0.131. The van der Waals surface area contributed by atoms with Crippen LogP contribution < -0.4 is 5.32 Å². The Morgan fingerprint density at radius 1 is 0.492 bits per heavy atom. The molecule has 1 rings (SSSR count). The second kappa shape index (κ2) is 43.1. The lowest BCUT2D eigenvalue weighted by molar-refractivity contribution is -0.302. The van der Waals surface area contributed by atoms with E-state index >= 15 is 0 Å². The largest absolute Gasteiger partial charge is 0.394 e. The van der Waals surface area contributed by atoms with Crippen molar-refractivity contribution < 1.29 is 39.8 Å². The Morgan fingerprint density at radius 2 is 0.820 bits per heavy atom. The lowest BCUT2D eigenvalue weighted by Crippen LogP contribution is -2.60. The first-order valence-corrected chi connectivity index (χ1v) is 26.7. The van der Waals surface area contributed by atoms with Crippen LogP contribution in [0, 0.1) is 0 Å². The molecule has 9 nitrogen and oxygen atoms in total. The van der Waals surface area contributed by atoms with Crippen LogP contribution in [0.2, 0.25) is 0 Å². The van der Waals surface area contributed by atoms with Crippen LogP contribution in [0.3, 0.4) is 0 Å². The Bertz CT molecular complexity index is 924. The molecule has 1 aliphatic heterocycles. The normalized spacial score (nSPS) is 20.3. The summed E-state index contributed by atoms with van der Waals surface area (Å²) in [6.45, 7) is 3.87. The molecule has 0 saturated carbocycles. The molecule has 0 radical (unpaired) electrons. The van der Waals surface area contributed by atoms with Crippen molar-refractivity contribution in [2.24, 2.45) is 0 Å². The van der Waals surface area contributed by atoms with Gasteiger partial charge in [0.1, 0.15) is 24.4 Å². The van der Waals surface area contributed by atoms with E-state index in [1.165, 1.54) is 205 Å². The second-order valence-corrected chi connectivity index (χ2v) is 19.0. The summed E-state index contributed by atoms with van der Waals surface area (Å²) in [7, 11) is 0. The van der Waals surface area contributed by atoms with E-state index in [1.54, 1.807) is 0 Å². The molecule has 1 heterocycles. The maximum absolute atomic E-state index is 13.0. The van der Waals surface area contributed by atoms with Crippen molar-refractivity contribution in [1.29, 1.82) is 0 Å². The number of aliphatic hydroxyl groups excluding tert-OH is 5. The van der Waals surface area contributed by atoms with Crippen molar-refractivity contribution in [3.63, 3.8) is 0 Å². The first-order chi connectivity index (χ1) is 29.8. The number of nitrogens with one attached hydrogen (secondary N) is 1. The predicted molar refractivity (Wildman–Crippen MR) is 254 cm³/mol. The summed E-state index contributed by atoms with van der Waals surface area (Å²) in [5, 5.41) is 54.6. The fourth-order valence-electron chi connectivity index (χ4n) is 8.93.